The van der Waals surface area contributed by atoms with Crippen molar-refractivity contribution in [1.82, 2.24) is 19.4 Å². The van der Waals surface area contributed by atoms with E-state index in [9.17, 15) is 14.0 Å². The molecular weight excluding hydrogens is 411 g/mol. The van der Waals surface area contributed by atoms with Crippen LogP contribution in [0.15, 0.2) is 71.7 Å². The maximum Gasteiger partial charge on any atom is 0.335 e. The maximum atomic E-state index is 13.3. The number of nitrogens with zero attached hydrogens (tertiary/aromatic N) is 3. The number of hydrogen-bond donors (Lipinski definition) is 1. The molecule has 0 unspecified atom stereocenters. The number of nitrogens with one attached hydrogen (secondary N) is 1. The zero-order valence-corrected chi connectivity index (χ0v) is 17.8. The van der Waals surface area contributed by atoms with E-state index in [0.29, 0.717) is 23.4 Å². The Morgan fingerprint density at radius 3 is 2.50 bits per heavy atom. The van der Waals surface area contributed by atoms with Crippen molar-refractivity contribution < 1.29 is 13.9 Å². The highest BCUT2D eigenvalue weighted by Gasteiger charge is 2.17. The van der Waals surface area contributed by atoms with Crippen LogP contribution in [0.25, 0.3) is 16.9 Å². The van der Waals surface area contributed by atoms with E-state index in [1.165, 1.54) is 33.4 Å². The van der Waals surface area contributed by atoms with Crippen molar-refractivity contribution in [2.24, 2.45) is 0 Å². The first-order valence-electron chi connectivity index (χ1n) is 10.3. The number of amides is 1. The summed E-state index contributed by atoms with van der Waals surface area (Å²) < 4.78 is 21.7. The van der Waals surface area contributed by atoms with Gasteiger partial charge in [0.05, 0.1) is 17.3 Å². The molecule has 2 aromatic carbocycles. The largest absolute Gasteiger partial charge is 0.491 e. The molecule has 0 aliphatic rings. The van der Waals surface area contributed by atoms with Crippen molar-refractivity contribution in [2.75, 3.05) is 0 Å². The van der Waals surface area contributed by atoms with Crippen molar-refractivity contribution in [2.45, 2.75) is 33.0 Å². The molecule has 4 rings (SSSR count). The van der Waals surface area contributed by atoms with Crippen LogP contribution in [0.1, 0.15) is 19.4 Å². The zero-order chi connectivity index (χ0) is 22.7. The number of halogens is 1. The molecular formula is C24H23FN4O3. The van der Waals surface area contributed by atoms with Crippen molar-refractivity contribution in [3.05, 3.63) is 88.7 Å². The van der Waals surface area contributed by atoms with Crippen molar-refractivity contribution in [3.8, 4) is 11.4 Å². The Labute approximate surface area is 184 Å². The van der Waals surface area contributed by atoms with Gasteiger partial charge in [0.1, 0.15) is 18.1 Å². The van der Waals surface area contributed by atoms with Gasteiger partial charge in [-0.15, -0.1) is 0 Å². The topological polar surface area (TPSA) is 78.1 Å². The Hall–Kier alpha value is -3.94. The Kier molecular flexibility index (Phi) is 6.02. The molecule has 32 heavy (non-hydrogen) atoms. The van der Waals surface area contributed by atoms with Gasteiger partial charge in [0, 0.05) is 12.7 Å². The van der Waals surface area contributed by atoms with Gasteiger partial charge in [-0.25, -0.2) is 18.7 Å². The van der Waals surface area contributed by atoms with Gasteiger partial charge in [-0.1, -0.05) is 12.1 Å². The second-order valence-electron chi connectivity index (χ2n) is 7.61. The molecule has 0 saturated heterocycles. The quantitative estimate of drug-likeness (QED) is 0.483. The molecule has 0 atom stereocenters. The third-order valence-corrected chi connectivity index (χ3v) is 4.86. The second kappa shape index (κ2) is 9.05. The fraction of sp³-hybridized carbons (Fsp3) is 0.208. The van der Waals surface area contributed by atoms with Crippen LogP contribution in [0.5, 0.6) is 5.75 Å². The molecule has 2 heterocycles. The first kappa shape index (κ1) is 21.3. The molecule has 0 saturated carbocycles. The maximum absolute atomic E-state index is 13.3. The number of benzene rings is 2. The molecule has 1 amide bonds. The molecule has 2 aromatic heterocycles. The van der Waals surface area contributed by atoms with Crippen LogP contribution in [0.4, 0.5) is 4.39 Å². The number of pyridine rings is 1. The monoisotopic (exact) mass is 434 g/mol. The number of ether oxygens (including phenoxy) is 1. The predicted octanol–water partition coefficient (Wildman–Crippen LogP) is 3.43. The number of carbonyl (C=O) groups excluding carboxylic acids is 1. The van der Waals surface area contributed by atoms with Crippen LogP contribution in [0, 0.1) is 5.82 Å². The predicted molar refractivity (Wildman–Crippen MR) is 119 cm³/mol. The van der Waals surface area contributed by atoms with Gasteiger partial charge in [0.15, 0.2) is 5.65 Å². The summed E-state index contributed by atoms with van der Waals surface area (Å²) in [6.45, 7) is 4.07. The summed E-state index contributed by atoms with van der Waals surface area (Å²) in [7, 11) is 0. The Balaban J connectivity index is 1.53. The summed E-state index contributed by atoms with van der Waals surface area (Å²) in [4.78, 5) is 30.0. The van der Waals surface area contributed by atoms with Crippen molar-refractivity contribution >= 4 is 17.1 Å². The number of aromatic nitrogens is 3. The Morgan fingerprint density at radius 2 is 1.81 bits per heavy atom. The first-order valence-corrected chi connectivity index (χ1v) is 10.3. The summed E-state index contributed by atoms with van der Waals surface area (Å²) in [5.74, 6) is 0.0565. The van der Waals surface area contributed by atoms with Crippen LogP contribution in [0.3, 0.4) is 0 Å². The smallest absolute Gasteiger partial charge is 0.335 e. The summed E-state index contributed by atoms with van der Waals surface area (Å²) in [5, 5.41) is 2.84. The number of imidazole rings is 1. The van der Waals surface area contributed by atoms with E-state index >= 15 is 0 Å². The molecule has 1 N–H and O–H groups in total. The van der Waals surface area contributed by atoms with Gasteiger partial charge >= 0.3 is 5.69 Å². The summed E-state index contributed by atoms with van der Waals surface area (Å²) in [5.41, 5.74) is 1.89. The molecule has 8 heteroatoms. The normalized spacial score (nSPS) is 11.1. The SMILES string of the molecule is CC(C)Oc1ccc(CNC(=O)Cn2c(=O)n(-c3ccc(F)cc3)c3ncccc32)cc1. The van der Waals surface area contributed by atoms with Crippen LogP contribution in [0.2, 0.25) is 0 Å². The van der Waals surface area contributed by atoms with Gasteiger partial charge in [-0.3, -0.25) is 9.36 Å². The molecule has 0 fully saturated rings. The minimum atomic E-state index is -0.421. The molecule has 164 valence electrons. The lowest BCUT2D eigenvalue weighted by Gasteiger charge is -2.10. The number of fused-ring (bicyclic) bond motifs is 1. The molecule has 0 spiro atoms. The molecule has 0 aliphatic carbocycles. The average molecular weight is 434 g/mol. The number of rotatable bonds is 7. The van der Waals surface area contributed by atoms with E-state index in [0.717, 1.165) is 11.3 Å². The highest BCUT2D eigenvalue weighted by atomic mass is 19.1. The van der Waals surface area contributed by atoms with E-state index in [-0.39, 0.29) is 18.6 Å². The lowest BCUT2D eigenvalue weighted by atomic mass is 10.2. The first-order chi connectivity index (χ1) is 15.4. The highest BCUT2D eigenvalue weighted by Crippen LogP contribution is 2.16. The average Bonchev–Trinajstić information content (AvgIpc) is 3.05. The highest BCUT2D eigenvalue weighted by molar-refractivity contribution is 5.80. The van der Waals surface area contributed by atoms with E-state index < -0.39 is 11.5 Å². The van der Waals surface area contributed by atoms with Crippen LogP contribution >= 0.6 is 0 Å². The molecule has 0 bridgehead atoms. The van der Waals surface area contributed by atoms with Gasteiger partial charge in [-0.05, 0) is 67.9 Å². The second-order valence-corrected chi connectivity index (χ2v) is 7.61. The minimum Gasteiger partial charge on any atom is -0.491 e. The third-order valence-electron chi connectivity index (χ3n) is 4.86. The molecule has 4 aromatic rings. The standard InChI is InChI=1S/C24H23FN4O3/c1-16(2)32-20-11-5-17(6-12-20)14-27-22(30)15-28-21-4-3-13-26-23(21)29(24(28)31)19-9-7-18(25)8-10-19/h3-13,16H,14-15H2,1-2H3,(H,27,30). The van der Waals surface area contributed by atoms with Crippen molar-refractivity contribution in [3.63, 3.8) is 0 Å². The summed E-state index contributed by atoms with van der Waals surface area (Å²) in [6, 6.07) is 16.5. The Bertz CT molecular complexity index is 1290. The van der Waals surface area contributed by atoms with Crippen LogP contribution in [-0.2, 0) is 17.9 Å². The fourth-order valence-electron chi connectivity index (χ4n) is 3.42. The summed E-state index contributed by atoms with van der Waals surface area (Å²) >= 11 is 0. The van der Waals surface area contributed by atoms with Gasteiger partial charge < -0.3 is 10.1 Å². The lowest BCUT2D eigenvalue weighted by Crippen LogP contribution is -2.32. The third kappa shape index (κ3) is 4.54. The van der Waals surface area contributed by atoms with E-state index in [1.54, 1.807) is 18.3 Å². The van der Waals surface area contributed by atoms with E-state index in [2.05, 4.69) is 10.3 Å². The van der Waals surface area contributed by atoms with Crippen LogP contribution < -0.4 is 15.7 Å². The zero-order valence-electron chi connectivity index (χ0n) is 17.8. The molecule has 0 radical (unpaired) electrons. The van der Waals surface area contributed by atoms with Crippen molar-refractivity contribution in [1.29, 1.82) is 0 Å². The van der Waals surface area contributed by atoms with Gasteiger partial charge in [-0.2, -0.15) is 0 Å². The van der Waals surface area contributed by atoms with Gasteiger partial charge in [0.25, 0.3) is 0 Å². The van der Waals surface area contributed by atoms with E-state index in [1.807, 2.05) is 38.1 Å². The lowest BCUT2D eigenvalue weighted by molar-refractivity contribution is -0.121. The minimum absolute atomic E-state index is 0.0883. The number of hydrogen-bond acceptors (Lipinski definition) is 4. The van der Waals surface area contributed by atoms with Crippen LogP contribution in [-0.4, -0.2) is 26.1 Å². The van der Waals surface area contributed by atoms with E-state index in [4.69, 9.17) is 4.74 Å². The molecule has 0 aliphatic heterocycles. The molecule has 7 nitrogen and oxygen atoms in total. The Morgan fingerprint density at radius 1 is 1.09 bits per heavy atom. The summed E-state index contributed by atoms with van der Waals surface area (Å²) in [6.07, 6.45) is 1.66. The fourth-order valence-corrected chi connectivity index (χ4v) is 3.42. The van der Waals surface area contributed by atoms with Gasteiger partial charge in [0.2, 0.25) is 5.91 Å². The number of carbonyl (C=O) groups is 1.